The molecule has 4 rings (SSSR count). The second-order valence-corrected chi connectivity index (χ2v) is 7.22. The third-order valence-corrected chi connectivity index (χ3v) is 4.86. The number of anilines is 1. The second kappa shape index (κ2) is 5.98. The van der Waals surface area contributed by atoms with Gasteiger partial charge >= 0.3 is 16.4 Å². The molecule has 1 atom stereocenters. The number of carbonyl (C=O) groups excluding carboxylic acids is 1. The van der Waals surface area contributed by atoms with Crippen LogP contribution in [-0.4, -0.2) is 84.1 Å². The number of rotatable bonds is 4. The van der Waals surface area contributed by atoms with Gasteiger partial charge in [0.25, 0.3) is 0 Å². The maximum Gasteiger partial charge on any atom is 0.418 e. The Kier molecular flexibility index (Phi) is 3.91. The van der Waals surface area contributed by atoms with E-state index in [1.807, 2.05) is 6.20 Å². The highest BCUT2D eigenvalue weighted by molar-refractivity contribution is 7.80. The average Bonchev–Trinajstić information content (AvgIpc) is 3.15. The molecule has 2 amide bonds. The molecular weight excluding hydrogens is 352 g/mol. The van der Waals surface area contributed by atoms with Crippen molar-refractivity contribution in [3.8, 4) is 0 Å². The number of carbonyl (C=O) groups is 1. The Labute approximate surface area is 144 Å². The molecule has 2 bridgehead atoms. The van der Waals surface area contributed by atoms with E-state index in [-0.39, 0.29) is 6.54 Å². The number of piperazine rings is 1. The van der Waals surface area contributed by atoms with E-state index < -0.39 is 22.5 Å². The molecule has 0 aromatic carbocycles. The van der Waals surface area contributed by atoms with Gasteiger partial charge in [-0.1, -0.05) is 0 Å². The maximum atomic E-state index is 12.2. The van der Waals surface area contributed by atoms with Crippen LogP contribution in [0.15, 0.2) is 18.5 Å². The largest absolute Gasteiger partial charge is 0.418 e. The van der Waals surface area contributed by atoms with Crippen molar-refractivity contribution in [2.75, 3.05) is 44.2 Å². The van der Waals surface area contributed by atoms with E-state index in [4.69, 9.17) is 4.55 Å². The summed E-state index contributed by atoms with van der Waals surface area (Å²) in [5.41, 5.74) is 1.76. The first-order valence-corrected chi connectivity index (χ1v) is 9.35. The molecule has 3 aliphatic rings. The summed E-state index contributed by atoms with van der Waals surface area (Å²) in [5.74, 6) is 0. The van der Waals surface area contributed by atoms with Gasteiger partial charge in [-0.3, -0.25) is 4.55 Å². The first kappa shape index (κ1) is 16.3. The lowest BCUT2D eigenvalue weighted by Gasteiger charge is -2.25. The van der Waals surface area contributed by atoms with Crippen LogP contribution in [0.25, 0.3) is 5.70 Å². The second-order valence-electron chi connectivity index (χ2n) is 6.21. The molecule has 2 fully saturated rings. The van der Waals surface area contributed by atoms with Crippen LogP contribution in [0, 0.1) is 0 Å². The number of nitrogens with two attached hydrogens (primary N) is 1. The van der Waals surface area contributed by atoms with Gasteiger partial charge in [0.05, 0.1) is 56.5 Å². The van der Waals surface area contributed by atoms with Gasteiger partial charge in [0.2, 0.25) is 0 Å². The first-order valence-electron chi connectivity index (χ1n) is 7.98. The van der Waals surface area contributed by atoms with E-state index in [0.29, 0.717) is 11.6 Å². The molecule has 1 aromatic heterocycles. The fourth-order valence-electron chi connectivity index (χ4n) is 3.36. The Balaban J connectivity index is 1.55. The summed E-state index contributed by atoms with van der Waals surface area (Å²) < 4.78 is 36.8. The number of nitrogens with zero attached hydrogens (tertiary/aromatic N) is 5. The van der Waals surface area contributed by atoms with Gasteiger partial charge in [-0.2, -0.15) is 18.6 Å². The van der Waals surface area contributed by atoms with E-state index in [2.05, 4.69) is 19.6 Å². The van der Waals surface area contributed by atoms with Crippen molar-refractivity contribution in [2.24, 2.45) is 0 Å². The molecule has 1 unspecified atom stereocenters. The summed E-state index contributed by atoms with van der Waals surface area (Å²) in [5, 5.41) is 7.31. The van der Waals surface area contributed by atoms with Gasteiger partial charge in [-0.25, -0.2) is 9.48 Å². The summed E-state index contributed by atoms with van der Waals surface area (Å²) in [4.78, 5) is 15.9. The number of quaternary nitrogens is 1. The van der Waals surface area contributed by atoms with Gasteiger partial charge in [0.15, 0.2) is 0 Å². The Hall–Kier alpha value is -2.15. The summed E-state index contributed by atoms with van der Waals surface area (Å²) in [7, 11) is -4.75. The lowest BCUT2D eigenvalue weighted by atomic mass is 10.2. The Morgan fingerprint density at radius 2 is 2.04 bits per heavy atom. The first-order chi connectivity index (χ1) is 11.9. The molecule has 4 heterocycles. The van der Waals surface area contributed by atoms with E-state index >= 15 is 0 Å². The van der Waals surface area contributed by atoms with Gasteiger partial charge < -0.3 is 15.1 Å². The van der Waals surface area contributed by atoms with Crippen molar-refractivity contribution in [1.82, 2.24) is 19.7 Å². The maximum absolute atomic E-state index is 12.2. The van der Waals surface area contributed by atoms with Crippen LogP contribution in [0.2, 0.25) is 0 Å². The smallest absolute Gasteiger partial charge is 0.358 e. The van der Waals surface area contributed by atoms with Crippen molar-refractivity contribution in [3.05, 3.63) is 18.5 Å². The number of hydrogen-bond donors (Lipinski definition) is 2. The van der Waals surface area contributed by atoms with Crippen molar-refractivity contribution in [1.29, 1.82) is 0 Å². The number of aromatic nitrogens is 2. The highest BCUT2D eigenvalue weighted by Gasteiger charge is 2.43. The molecule has 0 radical (unpaired) electrons. The van der Waals surface area contributed by atoms with Crippen LogP contribution in [0.1, 0.15) is 0 Å². The Morgan fingerprint density at radius 3 is 2.76 bits per heavy atom. The number of hydrogen-bond acceptors (Lipinski definition) is 6. The zero-order valence-corrected chi connectivity index (χ0v) is 14.2. The third kappa shape index (κ3) is 3.20. The normalized spacial score (nSPS) is 24.0. The number of amides is 2. The lowest BCUT2D eigenvalue weighted by molar-refractivity contribution is -0.655. The molecule has 3 N–H and O–H groups in total. The molecule has 3 aliphatic heterocycles. The van der Waals surface area contributed by atoms with Crippen LogP contribution in [0.3, 0.4) is 0 Å². The standard InChI is InChI=1S/C13H18N6O5S/c20-13-17-7-10(5-11(8-17)19(13)24-25(21,22)23)18-9-12(6-15-18)16-3-1-14-2-4-16/h5-6,9,11,14H,1-4,7-8H2,(H,21,22,23)/p+1. The highest BCUT2D eigenvalue weighted by atomic mass is 32.3. The molecule has 1 aromatic rings. The zero-order chi connectivity index (χ0) is 17.6. The van der Waals surface area contributed by atoms with Crippen molar-refractivity contribution in [3.63, 3.8) is 0 Å². The SMILES string of the molecule is O=C1N2CC(n3cc(N4CC[NH2+]CC4)cn3)=CC(C2)N1OS(=O)(=O)O. The lowest BCUT2D eigenvalue weighted by Crippen LogP contribution is -2.89. The van der Waals surface area contributed by atoms with Gasteiger partial charge in [-0.15, -0.1) is 4.28 Å². The van der Waals surface area contributed by atoms with E-state index in [1.54, 1.807) is 17.0 Å². The fraction of sp³-hybridized carbons (Fsp3) is 0.538. The summed E-state index contributed by atoms with van der Waals surface area (Å²) >= 11 is 0. The predicted octanol–water partition coefficient (Wildman–Crippen LogP) is -2.04. The molecule has 0 aliphatic carbocycles. The third-order valence-electron chi connectivity index (χ3n) is 4.51. The van der Waals surface area contributed by atoms with E-state index in [0.717, 1.165) is 37.6 Å². The van der Waals surface area contributed by atoms with Crippen LogP contribution < -0.4 is 10.2 Å². The van der Waals surface area contributed by atoms with Crippen molar-refractivity contribution >= 4 is 27.8 Å². The molecule has 0 spiro atoms. The van der Waals surface area contributed by atoms with Crippen molar-refractivity contribution in [2.45, 2.75) is 6.04 Å². The monoisotopic (exact) mass is 371 g/mol. The fourth-order valence-corrected chi connectivity index (χ4v) is 3.74. The molecule has 12 heteroatoms. The van der Waals surface area contributed by atoms with Crippen molar-refractivity contribution < 1.29 is 27.4 Å². The molecule has 2 saturated heterocycles. The topological polar surface area (TPSA) is 125 Å². The molecule has 0 saturated carbocycles. The van der Waals surface area contributed by atoms with Crippen LogP contribution >= 0.6 is 0 Å². The van der Waals surface area contributed by atoms with Crippen LogP contribution in [0.4, 0.5) is 10.5 Å². The van der Waals surface area contributed by atoms with Gasteiger partial charge in [-0.05, 0) is 6.08 Å². The average molecular weight is 371 g/mol. The minimum Gasteiger partial charge on any atom is -0.358 e. The highest BCUT2D eigenvalue weighted by Crippen LogP contribution is 2.28. The zero-order valence-electron chi connectivity index (χ0n) is 13.4. The Bertz CT molecular complexity index is 815. The Morgan fingerprint density at radius 1 is 1.28 bits per heavy atom. The molecule has 11 nitrogen and oxygen atoms in total. The summed E-state index contributed by atoms with van der Waals surface area (Å²) in [6.07, 6.45) is 5.42. The van der Waals surface area contributed by atoms with Gasteiger partial charge in [0.1, 0.15) is 6.04 Å². The molecule has 25 heavy (non-hydrogen) atoms. The van der Waals surface area contributed by atoms with Gasteiger partial charge in [0, 0.05) is 6.54 Å². The predicted molar refractivity (Wildman–Crippen MR) is 85.6 cm³/mol. The number of urea groups is 1. The van der Waals surface area contributed by atoms with E-state index in [1.165, 1.54) is 4.90 Å². The minimum atomic E-state index is -4.75. The number of fused-ring (bicyclic) bond motifs is 2. The number of hydroxylamine groups is 2. The molecular formula is C13H19N6O5S+. The minimum absolute atomic E-state index is 0.287. The molecule has 136 valence electrons. The van der Waals surface area contributed by atoms with Crippen LogP contribution in [0.5, 0.6) is 0 Å². The summed E-state index contributed by atoms with van der Waals surface area (Å²) in [6, 6.07) is -1.21. The quantitative estimate of drug-likeness (QED) is 0.584. The van der Waals surface area contributed by atoms with Crippen LogP contribution in [-0.2, 0) is 14.7 Å². The van der Waals surface area contributed by atoms with E-state index in [9.17, 15) is 13.2 Å². The summed E-state index contributed by atoms with van der Waals surface area (Å²) in [6.45, 7) is 4.58.